The van der Waals surface area contributed by atoms with Crippen LogP contribution in [0, 0.1) is 0 Å². The summed E-state index contributed by atoms with van der Waals surface area (Å²) in [6.07, 6.45) is 6.42. The Morgan fingerprint density at radius 3 is 1.36 bits per heavy atom. The average Bonchev–Trinajstić information content (AvgIpc) is 3.07. The van der Waals surface area contributed by atoms with E-state index in [2.05, 4.69) is 188 Å². The molecule has 0 heterocycles. The van der Waals surface area contributed by atoms with Gasteiger partial charge >= 0.3 is 0 Å². The van der Waals surface area contributed by atoms with Crippen LogP contribution in [0.15, 0.2) is 176 Å². The first-order chi connectivity index (χ1) is 20.7. The molecule has 0 N–H and O–H groups in total. The van der Waals surface area contributed by atoms with Gasteiger partial charge in [0.25, 0.3) is 0 Å². The van der Waals surface area contributed by atoms with Crippen molar-refractivity contribution in [2.24, 2.45) is 0 Å². The predicted molar refractivity (Wildman–Crippen MR) is 181 cm³/mol. The number of allylic oxidation sites excluding steroid dienone is 3. The van der Waals surface area contributed by atoms with Crippen molar-refractivity contribution < 1.29 is 0 Å². The lowest BCUT2D eigenvalue weighted by atomic mass is 10.00. The van der Waals surface area contributed by atoms with Crippen LogP contribution in [0.3, 0.4) is 0 Å². The summed E-state index contributed by atoms with van der Waals surface area (Å²) in [6.45, 7) is 2.16. The van der Waals surface area contributed by atoms with E-state index >= 15 is 0 Å². The molecule has 1 nitrogen and oxygen atoms in total. The SMILES string of the molecule is C/C(=C\C=C\c1ccccc1)c1ccc(-c2ccc(N(c3ccccc3)c3ccc(-c4ccccc4)cc3)cc2)cc1. The summed E-state index contributed by atoms with van der Waals surface area (Å²) in [5.41, 5.74) is 11.9. The van der Waals surface area contributed by atoms with Gasteiger partial charge in [0.15, 0.2) is 0 Å². The van der Waals surface area contributed by atoms with Crippen molar-refractivity contribution in [1.29, 1.82) is 0 Å². The smallest absolute Gasteiger partial charge is 0.0462 e. The van der Waals surface area contributed by atoms with Crippen LogP contribution in [0.5, 0.6) is 0 Å². The second-order valence-electron chi connectivity index (χ2n) is 10.3. The number of benzene rings is 6. The van der Waals surface area contributed by atoms with Gasteiger partial charge in [-0.15, -0.1) is 0 Å². The first-order valence-electron chi connectivity index (χ1n) is 14.4. The van der Waals surface area contributed by atoms with Crippen LogP contribution in [0.25, 0.3) is 33.9 Å². The molecular formula is C41H33N. The molecule has 0 radical (unpaired) electrons. The van der Waals surface area contributed by atoms with E-state index in [0.29, 0.717) is 0 Å². The summed E-state index contributed by atoms with van der Waals surface area (Å²) >= 11 is 0. The molecular weight excluding hydrogens is 506 g/mol. The Morgan fingerprint density at radius 2 is 0.833 bits per heavy atom. The van der Waals surface area contributed by atoms with E-state index in [-0.39, 0.29) is 0 Å². The van der Waals surface area contributed by atoms with Gasteiger partial charge in [0.2, 0.25) is 0 Å². The van der Waals surface area contributed by atoms with E-state index in [9.17, 15) is 0 Å². The van der Waals surface area contributed by atoms with Crippen molar-refractivity contribution in [2.45, 2.75) is 6.92 Å². The molecule has 0 saturated heterocycles. The van der Waals surface area contributed by atoms with Crippen LogP contribution in [-0.2, 0) is 0 Å². The van der Waals surface area contributed by atoms with E-state index in [0.717, 1.165) is 17.1 Å². The molecule has 202 valence electrons. The first kappa shape index (κ1) is 26.8. The summed E-state index contributed by atoms with van der Waals surface area (Å²) in [4.78, 5) is 2.30. The van der Waals surface area contributed by atoms with Crippen molar-refractivity contribution >= 4 is 28.7 Å². The van der Waals surface area contributed by atoms with E-state index < -0.39 is 0 Å². The second kappa shape index (κ2) is 12.8. The lowest BCUT2D eigenvalue weighted by Crippen LogP contribution is -2.09. The standard InChI is InChI=1S/C41H33N/c1-32(12-11-15-33-13-5-2-6-14-33)34-20-22-36(23-21-34)38-26-30-41(31-27-38)42(39-18-9-4-10-19-39)40-28-24-37(25-29-40)35-16-7-3-8-17-35/h2-31H,1H3/b15-11+,32-12+. The molecule has 6 aromatic rings. The highest BCUT2D eigenvalue weighted by atomic mass is 15.1. The summed E-state index contributed by atoms with van der Waals surface area (Å²) in [6, 6.07) is 57.9. The molecule has 0 fully saturated rings. The van der Waals surface area contributed by atoms with Gasteiger partial charge in [-0.3, -0.25) is 0 Å². The molecule has 0 aliphatic carbocycles. The highest BCUT2D eigenvalue weighted by Gasteiger charge is 2.13. The van der Waals surface area contributed by atoms with Crippen LogP contribution in [-0.4, -0.2) is 0 Å². The fourth-order valence-corrected chi connectivity index (χ4v) is 5.15. The highest BCUT2D eigenvalue weighted by molar-refractivity contribution is 5.80. The highest BCUT2D eigenvalue weighted by Crippen LogP contribution is 2.36. The quantitative estimate of drug-likeness (QED) is 0.174. The van der Waals surface area contributed by atoms with E-state index in [1.54, 1.807) is 0 Å². The number of hydrogen-bond acceptors (Lipinski definition) is 1. The third-order valence-corrected chi connectivity index (χ3v) is 7.48. The molecule has 0 spiro atoms. The fourth-order valence-electron chi connectivity index (χ4n) is 5.15. The molecule has 6 aromatic carbocycles. The Bertz CT molecular complexity index is 1760. The minimum atomic E-state index is 1.12. The van der Waals surface area contributed by atoms with E-state index in [1.165, 1.54) is 39.0 Å². The lowest BCUT2D eigenvalue weighted by Gasteiger charge is -2.26. The minimum Gasteiger partial charge on any atom is -0.311 e. The van der Waals surface area contributed by atoms with Crippen LogP contribution in [0.2, 0.25) is 0 Å². The molecule has 0 bridgehead atoms. The molecule has 0 unspecified atom stereocenters. The molecule has 0 aliphatic heterocycles. The van der Waals surface area contributed by atoms with Gasteiger partial charge in [-0.2, -0.15) is 0 Å². The van der Waals surface area contributed by atoms with Crippen LogP contribution >= 0.6 is 0 Å². The van der Waals surface area contributed by atoms with Gasteiger partial charge in [-0.05, 0) is 82.3 Å². The monoisotopic (exact) mass is 539 g/mol. The first-order valence-corrected chi connectivity index (χ1v) is 14.4. The van der Waals surface area contributed by atoms with Gasteiger partial charge < -0.3 is 4.90 Å². The van der Waals surface area contributed by atoms with Crippen molar-refractivity contribution in [1.82, 2.24) is 0 Å². The van der Waals surface area contributed by atoms with Gasteiger partial charge in [0.1, 0.15) is 0 Å². The number of nitrogens with zero attached hydrogens (tertiary/aromatic N) is 1. The van der Waals surface area contributed by atoms with Gasteiger partial charge in [0, 0.05) is 17.1 Å². The van der Waals surface area contributed by atoms with Crippen molar-refractivity contribution in [2.75, 3.05) is 4.90 Å². The normalized spacial score (nSPS) is 11.5. The summed E-state index contributed by atoms with van der Waals surface area (Å²) in [7, 11) is 0. The Kier molecular flexibility index (Phi) is 8.20. The zero-order chi connectivity index (χ0) is 28.6. The van der Waals surface area contributed by atoms with Crippen LogP contribution in [0.4, 0.5) is 17.1 Å². The molecule has 0 aliphatic rings. The Morgan fingerprint density at radius 1 is 0.429 bits per heavy atom. The fraction of sp³-hybridized carbons (Fsp3) is 0.0244. The van der Waals surface area contributed by atoms with Crippen molar-refractivity contribution in [3.8, 4) is 22.3 Å². The molecule has 0 atom stereocenters. The van der Waals surface area contributed by atoms with Gasteiger partial charge in [0.05, 0.1) is 0 Å². The number of hydrogen-bond donors (Lipinski definition) is 0. The number of rotatable bonds is 8. The Hall–Kier alpha value is -5.40. The maximum Gasteiger partial charge on any atom is 0.0462 e. The third-order valence-electron chi connectivity index (χ3n) is 7.48. The topological polar surface area (TPSA) is 3.24 Å². The second-order valence-corrected chi connectivity index (χ2v) is 10.3. The molecule has 42 heavy (non-hydrogen) atoms. The van der Waals surface area contributed by atoms with Crippen molar-refractivity contribution in [3.63, 3.8) is 0 Å². The molecule has 0 amide bonds. The summed E-state index contributed by atoms with van der Waals surface area (Å²) < 4.78 is 0. The maximum atomic E-state index is 2.30. The maximum absolute atomic E-state index is 2.30. The van der Waals surface area contributed by atoms with Crippen LogP contribution in [0.1, 0.15) is 18.1 Å². The van der Waals surface area contributed by atoms with Gasteiger partial charge in [-0.1, -0.05) is 146 Å². The van der Waals surface area contributed by atoms with E-state index in [4.69, 9.17) is 0 Å². The Balaban J connectivity index is 1.22. The number of para-hydroxylation sites is 1. The molecule has 6 rings (SSSR count). The molecule has 0 aromatic heterocycles. The Labute approximate surface area is 249 Å². The van der Waals surface area contributed by atoms with Gasteiger partial charge in [-0.25, -0.2) is 0 Å². The molecule has 1 heteroatoms. The van der Waals surface area contributed by atoms with Crippen molar-refractivity contribution in [3.05, 3.63) is 187 Å². The average molecular weight is 540 g/mol. The lowest BCUT2D eigenvalue weighted by molar-refractivity contribution is 1.28. The minimum absolute atomic E-state index is 1.12. The third kappa shape index (κ3) is 6.32. The summed E-state index contributed by atoms with van der Waals surface area (Å²) in [5.74, 6) is 0. The van der Waals surface area contributed by atoms with E-state index in [1.807, 2.05) is 6.07 Å². The van der Waals surface area contributed by atoms with Crippen LogP contribution < -0.4 is 4.90 Å². The zero-order valence-corrected chi connectivity index (χ0v) is 23.8. The molecule has 0 saturated carbocycles. The largest absolute Gasteiger partial charge is 0.311 e. The predicted octanol–water partition coefficient (Wildman–Crippen LogP) is 11.6. The summed E-state index contributed by atoms with van der Waals surface area (Å²) in [5, 5.41) is 0. The zero-order valence-electron chi connectivity index (χ0n) is 23.8. The number of anilines is 3.